The van der Waals surface area contributed by atoms with Crippen LogP contribution in [0.1, 0.15) is 23.2 Å². The van der Waals surface area contributed by atoms with Crippen LogP contribution in [0.3, 0.4) is 0 Å². The first kappa shape index (κ1) is 13.7. The fraction of sp³-hybridized carbons (Fsp3) is 0.250. The van der Waals surface area contributed by atoms with Crippen molar-refractivity contribution in [3.05, 3.63) is 35.9 Å². The molecule has 0 heterocycles. The third-order valence-electron chi connectivity index (χ3n) is 2.14. The van der Waals surface area contributed by atoms with Crippen LogP contribution in [0.15, 0.2) is 30.3 Å². The van der Waals surface area contributed by atoms with E-state index in [0.29, 0.717) is 5.56 Å². The van der Waals surface area contributed by atoms with Gasteiger partial charge in [-0.1, -0.05) is 18.2 Å². The summed E-state index contributed by atoms with van der Waals surface area (Å²) in [6.45, 7) is 0. The van der Waals surface area contributed by atoms with Crippen LogP contribution in [0.4, 0.5) is 0 Å². The maximum atomic E-state index is 11.5. The molecule has 1 aromatic carbocycles. The van der Waals surface area contributed by atoms with Crippen molar-refractivity contribution in [2.75, 3.05) is 7.11 Å². The zero-order valence-corrected chi connectivity index (χ0v) is 9.93. The standard InChI is InChI=1S/C12H14N2O4/c1-18-11(16)8-7-10(15)13-14-12(17)9-5-3-2-4-6-9/h2-6H,7-8H2,1H3,(H,13,15)(H,14,17). The van der Waals surface area contributed by atoms with E-state index >= 15 is 0 Å². The molecule has 0 aliphatic carbocycles. The molecule has 6 heteroatoms. The lowest BCUT2D eigenvalue weighted by atomic mass is 10.2. The zero-order chi connectivity index (χ0) is 13.4. The Labute approximate surface area is 104 Å². The largest absolute Gasteiger partial charge is 0.469 e. The van der Waals surface area contributed by atoms with E-state index in [1.54, 1.807) is 30.3 Å². The third kappa shape index (κ3) is 4.65. The molecule has 1 aromatic rings. The number of esters is 1. The van der Waals surface area contributed by atoms with E-state index in [0.717, 1.165) is 0 Å². The number of ether oxygens (including phenoxy) is 1. The average Bonchev–Trinajstić information content (AvgIpc) is 2.42. The van der Waals surface area contributed by atoms with Crippen molar-refractivity contribution in [3.63, 3.8) is 0 Å². The number of nitrogens with one attached hydrogen (secondary N) is 2. The van der Waals surface area contributed by atoms with E-state index < -0.39 is 17.8 Å². The number of methoxy groups -OCH3 is 1. The van der Waals surface area contributed by atoms with Gasteiger partial charge in [-0.2, -0.15) is 0 Å². The van der Waals surface area contributed by atoms with Gasteiger partial charge in [-0.15, -0.1) is 0 Å². The first-order valence-corrected chi connectivity index (χ1v) is 5.34. The highest BCUT2D eigenvalue weighted by molar-refractivity contribution is 5.95. The van der Waals surface area contributed by atoms with Gasteiger partial charge in [0.05, 0.1) is 13.5 Å². The van der Waals surface area contributed by atoms with Crippen LogP contribution in [0.25, 0.3) is 0 Å². The molecule has 2 amide bonds. The number of carbonyl (C=O) groups excluding carboxylic acids is 3. The van der Waals surface area contributed by atoms with Crippen molar-refractivity contribution < 1.29 is 19.1 Å². The van der Waals surface area contributed by atoms with E-state index in [4.69, 9.17) is 0 Å². The van der Waals surface area contributed by atoms with Gasteiger partial charge in [0.25, 0.3) is 5.91 Å². The van der Waals surface area contributed by atoms with Crippen molar-refractivity contribution in [1.82, 2.24) is 10.9 Å². The second kappa shape index (κ2) is 7.05. The van der Waals surface area contributed by atoms with Crippen molar-refractivity contribution in [2.24, 2.45) is 0 Å². The van der Waals surface area contributed by atoms with E-state index in [1.165, 1.54) is 7.11 Å². The van der Waals surface area contributed by atoms with Crippen molar-refractivity contribution in [2.45, 2.75) is 12.8 Å². The van der Waals surface area contributed by atoms with Crippen LogP contribution >= 0.6 is 0 Å². The normalized spacial score (nSPS) is 9.39. The second-order valence-electron chi connectivity index (χ2n) is 3.44. The number of rotatable bonds is 4. The van der Waals surface area contributed by atoms with Gasteiger partial charge in [0.1, 0.15) is 0 Å². The van der Waals surface area contributed by atoms with Gasteiger partial charge >= 0.3 is 5.97 Å². The van der Waals surface area contributed by atoms with Gasteiger partial charge in [-0.25, -0.2) is 0 Å². The zero-order valence-electron chi connectivity index (χ0n) is 9.93. The highest BCUT2D eigenvalue weighted by Crippen LogP contribution is 1.97. The summed E-state index contributed by atoms with van der Waals surface area (Å²) < 4.78 is 4.39. The molecule has 0 aromatic heterocycles. The van der Waals surface area contributed by atoms with Crippen LogP contribution in [0.5, 0.6) is 0 Å². The van der Waals surface area contributed by atoms with Crippen molar-refractivity contribution in [1.29, 1.82) is 0 Å². The van der Waals surface area contributed by atoms with Crippen LogP contribution in [-0.4, -0.2) is 24.9 Å². The molecule has 0 fully saturated rings. The molecule has 0 saturated heterocycles. The molecule has 0 radical (unpaired) electrons. The SMILES string of the molecule is COC(=O)CCC(=O)NNC(=O)c1ccccc1. The molecule has 2 N–H and O–H groups in total. The van der Waals surface area contributed by atoms with Gasteiger partial charge < -0.3 is 4.74 Å². The highest BCUT2D eigenvalue weighted by atomic mass is 16.5. The number of amides is 2. The van der Waals surface area contributed by atoms with Crippen LogP contribution in [0.2, 0.25) is 0 Å². The lowest BCUT2D eigenvalue weighted by molar-refractivity contribution is -0.142. The smallest absolute Gasteiger partial charge is 0.306 e. The average molecular weight is 250 g/mol. The van der Waals surface area contributed by atoms with Crippen LogP contribution < -0.4 is 10.9 Å². The summed E-state index contributed by atoms with van der Waals surface area (Å²) in [5.74, 6) is -1.34. The van der Waals surface area contributed by atoms with Crippen LogP contribution in [0, 0.1) is 0 Å². The quantitative estimate of drug-likeness (QED) is 0.598. The highest BCUT2D eigenvalue weighted by Gasteiger charge is 2.08. The molecular weight excluding hydrogens is 236 g/mol. The summed E-state index contributed by atoms with van der Waals surface area (Å²) in [5, 5.41) is 0. The lowest BCUT2D eigenvalue weighted by Crippen LogP contribution is -2.41. The Hall–Kier alpha value is -2.37. The van der Waals surface area contributed by atoms with Crippen molar-refractivity contribution in [3.8, 4) is 0 Å². The molecule has 6 nitrogen and oxygen atoms in total. The molecule has 1 rings (SSSR count). The minimum atomic E-state index is -0.473. The minimum absolute atomic E-state index is 0.0243. The molecule has 18 heavy (non-hydrogen) atoms. The summed E-state index contributed by atoms with van der Waals surface area (Å²) in [7, 11) is 1.25. The van der Waals surface area contributed by atoms with E-state index in [-0.39, 0.29) is 12.8 Å². The fourth-order valence-corrected chi connectivity index (χ4v) is 1.17. The Morgan fingerprint density at radius 3 is 2.33 bits per heavy atom. The van der Waals surface area contributed by atoms with Gasteiger partial charge in [-0.3, -0.25) is 25.2 Å². The maximum absolute atomic E-state index is 11.5. The predicted octanol–water partition coefficient (Wildman–Crippen LogP) is 0.401. The Morgan fingerprint density at radius 2 is 1.72 bits per heavy atom. The maximum Gasteiger partial charge on any atom is 0.306 e. The van der Waals surface area contributed by atoms with E-state index in [9.17, 15) is 14.4 Å². The first-order chi connectivity index (χ1) is 8.63. The first-order valence-electron chi connectivity index (χ1n) is 5.34. The lowest BCUT2D eigenvalue weighted by Gasteiger charge is -2.06. The molecule has 0 bridgehead atoms. The third-order valence-corrected chi connectivity index (χ3v) is 2.14. The molecule has 0 spiro atoms. The molecule has 0 saturated carbocycles. The van der Waals surface area contributed by atoms with Gasteiger partial charge in [0.2, 0.25) is 5.91 Å². The number of hydrogen-bond donors (Lipinski definition) is 2. The fourth-order valence-electron chi connectivity index (χ4n) is 1.17. The Morgan fingerprint density at radius 1 is 1.06 bits per heavy atom. The monoisotopic (exact) mass is 250 g/mol. The van der Waals surface area contributed by atoms with Gasteiger partial charge in [-0.05, 0) is 12.1 Å². The summed E-state index contributed by atoms with van der Waals surface area (Å²) >= 11 is 0. The van der Waals surface area contributed by atoms with Gasteiger partial charge in [0, 0.05) is 12.0 Å². The molecule has 0 aliphatic heterocycles. The van der Waals surface area contributed by atoms with E-state index in [1.807, 2.05) is 0 Å². The molecule has 0 aliphatic rings. The molecule has 0 unspecified atom stereocenters. The summed E-state index contributed by atoms with van der Waals surface area (Å²) in [6, 6.07) is 8.46. The second-order valence-corrected chi connectivity index (χ2v) is 3.44. The summed E-state index contributed by atoms with van der Waals surface area (Å²) in [5.41, 5.74) is 4.90. The predicted molar refractivity (Wildman–Crippen MR) is 63.3 cm³/mol. The Balaban J connectivity index is 2.31. The number of carbonyl (C=O) groups is 3. The molecule has 96 valence electrons. The summed E-state index contributed by atoms with van der Waals surface area (Å²) in [6.07, 6.45) is -0.0642. The van der Waals surface area contributed by atoms with E-state index in [2.05, 4.69) is 15.6 Å². The van der Waals surface area contributed by atoms with Crippen molar-refractivity contribution >= 4 is 17.8 Å². The molecule has 0 atom stereocenters. The Bertz CT molecular complexity index is 431. The minimum Gasteiger partial charge on any atom is -0.469 e. The molecular formula is C12H14N2O4. The van der Waals surface area contributed by atoms with Crippen LogP contribution in [-0.2, 0) is 14.3 Å². The van der Waals surface area contributed by atoms with Gasteiger partial charge in [0.15, 0.2) is 0 Å². The topological polar surface area (TPSA) is 84.5 Å². The number of hydrogen-bond acceptors (Lipinski definition) is 4. The number of benzene rings is 1. The number of hydrazine groups is 1. The Kier molecular flexibility index (Phi) is 5.37. The summed E-state index contributed by atoms with van der Waals surface area (Å²) in [4.78, 5) is 33.6.